The molecule has 2 N–H and O–H groups in total. The van der Waals surface area contributed by atoms with Crippen molar-refractivity contribution in [2.45, 2.75) is 51.1 Å². The summed E-state index contributed by atoms with van der Waals surface area (Å²) in [5.74, 6) is 0. The van der Waals surface area contributed by atoms with E-state index < -0.39 is 0 Å². The minimum Gasteiger partial charge on any atom is -0.328 e. The third-order valence-corrected chi connectivity index (χ3v) is 4.28. The van der Waals surface area contributed by atoms with Crippen molar-refractivity contribution in [3.63, 3.8) is 0 Å². The van der Waals surface area contributed by atoms with Gasteiger partial charge in [-0.05, 0) is 52.2 Å². The summed E-state index contributed by atoms with van der Waals surface area (Å²) >= 11 is 0. The molecule has 0 radical (unpaired) electrons. The Kier molecular flexibility index (Phi) is 13.2. The fourth-order valence-electron chi connectivity index (χ4n) is 2.94. The first kappa shape index (κ1) is 22.0. The van der Waals surface area contributed by atoms with Crippen LogP contribution in [0.5, 0.6) is 0 Å². The quantitative estimate of drug-likeness (QED) is 0.861. The highest BCUT2D eigenvalue weighted by atomic mass is 35.5. The highest BCUT2D eigenvalue weighted by molar-refractivity contribution is 5.86. The number of nitrogens with zero attached hydrogens (tertiary/aromatic N) is 2. The maximum atomic E-state index is 5.92. The van der Waals surface area contributed by atoms with Crippen LogP contribution < -0.4 is 5.73 Å². The maximum Gasteiger partial charge on any atom is 0.0112 e. The Morgan fingerprint density at radius 2 is 1.53 bits per heavy atom. The van der Waals surface area contributed by atoms with Gasteiger partial charge in [0, 0.05) is 25.2 Å². The number of likely N-dealkylation sites (tertiary alicyclic amines) is 2. The first-order valence-electron chi connectivity index (χ1n) is 6.97. The molecule has 1 unspecified atom stereocenters. The molecule has 6 heteroatoms. The molecule has 0 aromatic heterocycles. The van der Waals surface area contributed by atoms with E-state index in [1.165, 1.54) is 64.8 Å². The first-order valence-corrected chi connectivity index (χ1v) is 6.97. The second kappa shape index (κ2) is 11.4. The third-order valence-electron chi connectivity index (χ3n) is 4.28. The minimum atomic E-state index is 0. The van der Waals surface area contributed by atoms with Crippen LogP contribution >= 0.6 is 37.2 Å². The van der Waals surface area contributed by atoms with Crippen LogP contribution in [0.4, 0.5) is 0 Å². The molecule has 0 saturated carbocycles. The van der Waals surface area contributed by atoms with E-state index in [1.54, 1.807) is 0 Å². The largest absolute Gasteiger partial charge is 0.328 e. The zero-order valence-electron chi connectivity index (χ0n) is 11.9. The highest BCUT2D eigenvalue weighted by Gasteiger charge is 2.20. The van der Waals surface area contributed by atoms with Gasteiger partial charge in [0.15, 0.2) is 0 Å². The summed E-state index contributed by atoms with van der Waals surface area (Å²) in [5.41, 5.74) is 5.92. The van der Waals surface area contributed by atoms with Gasteiger partial charge in [0.05, 0.1) is 0 Å². The fourth-order valence-corrected chi connectivity index (χ4v) is 2.94. The van der Waals surface area contributed by atoms with Gasteiger partial charge >= 0.3 is 0 Å². The number of hydrogen-bond acceptors (Lipinski definition) is 3. The molecule has 0 aromatic rings. The van der Waals surface area contributed by atoms with Crippen molar-refractivity contribution in [2.75, 3.05) is 32.7 Å². The molecule has 0 bridgehead atoms. The summed E-state index contributed by atoms with van der Waals surface area (Å²) in [6, 6.07) is 1.27. The summed E-state index contributed by atoms with van der Waals surface area (Å²) < 4.78 is 0. The molecule has 19 heavy (non-hydrogen) atoms. The van der Waals surface area contributed by atoms with E-state index in [4.69, 9.17) is 5.73 Å². The molecule has 0 spiro atoms. The molecule has 0 aliphatic carbocycles. The molecule has 118 valence electrons. The lowest BCUT2D eigenvalue weighted by atomic mass is 10.0. The van der Waals surface area contributed by atoms with Crippen LogP contribution in [0.3, 0.4) is 0 Å². The van der Waals surface area contributed by atoms with Crippen LogP contribution in [0, 0.1) is 0 Å². The second-order valence-electron chi connectivity index (χ2n) is 5.56. The Labute approximate surface area is 136 Å². The van der Waals surface area contributed by atoms with E-state index in [-0.39, 0.29) is 37.2 Å². The minimum absolute atomic E-state index is 0. The molecule has 2 saturated heterocycles. The van der Waals surface area contributed by atoms with Crippen molar-refractivity contribution in [1.82, 2.24) is 9.80 Å². The van der Waals surface area contributed by atoms with Crippen LogP contribution in [0.2, 0.25) is 0 Å². The molecular formula is C13H30Cl3N3. The monoisotopic (exact) mass is 333 g/mol. The van der Waals surface area contributed by atoms with Crippen LogP contribution in [0.1, 0.15) is 39.0 Å². The lowest BCUT2D eigenvalue weighted by Crippen LogP contribution is -2.46. The zero-order chi connectivity index (χ0) is 11.4. The topological polar surface area (TPSA) is 32.5 Å². The zero-order valence-corrected chi connectivity index (χ0v) is 14.4. The Bertz CT molecular complexity index is 211. The summed E-state index contributed by atoms with van der Waals surface area (Å²) in [6.07, 6.45) is 6.60. The Balaban J connectivity index is 0. The van der Waals surface area contributed by atoms with E-state index in [9.17, 15) is 0 Å². The van der Waals surface area contributed by atoms with Gasteiger partial charge in [-0.2, -0.15) is 0 Å². The predicted octanol–water partition coefficient (Wildman–Crippen LogP) is 2.55. The van der Waals surface area contributed by atoms with Gasteiger partial charge in [-0.1, -0.05) is 6.42 Å². The Morgan fingerprint density at radius 3 is 2.11 bits per heavy atom. The summed E-state index contributed by atoms with van der Waals surface area (Å²) in [5, 5.41) is 0. The molecule has 1 atom stereocenters. The maximum absolute atomic E-state index is 5.92. The van der Waals surface area contributed by atoms with Crippen molar-refractivity contribution in [3.05, 3.63) is 0 Å². The Hall–Kier alpha value is 0.750. The van der Waals surface area contributed by atoms with Crippen molar-refractivity contribution >= 4 is 37.2 Å². The standard InChI is InChI=1S/C13H27N3.3ClH/c1-12-4-2-3-7-16(12)11-10-15-8-5-13(14)6-9-15;;;/h12-13H,2-11,14H2,1H3;3*1H. The molecule has 2 heterocycles. The summed E-state index contributed by atoms with van der Waals surface area (Å²) in [7, 11) is 0. The molecular weight excluding hydrogens is 305 g/mol. The highest BCUT2D eigenvalue weighted by Crippen LogP contribution is 2.16. The van der Waals surface area contributed by atoms with E-state index in [0.717, 1.165) is 6.04 Å². The van der Waals surface area contributed by atoms with Crippen LogP contribution in [0.25, 0.3) is 0 Å². The number of piperidine rings is 2. The molecule has 2 rings (SSSR count). The third kappa shape index (κ3) is 7.35. The van der Waals surface area contributed by atoms with Gasteiger partial charge in [0.2, 0.25) is 0 Å². The SMILES string of the molecule is CC1CCCCN1CCN1CCC(N)CC1.Cl.Cl.Cl. The average molecular weight is 335 g/mol. The number of nitrogens with two attached hydrogens (primary N) is 1. The molecule has 3 nitrogen and oxygen atoms in total. The molecule has 0 aromatic carbocycles. The fraction of sp³-hybridized carbons (Fsp3) is 1.00. The van der Waals surface area contributed by atoms with Crippen LogP contribution in [0.15, 0.2) is 0 Å². The van der Waals surface area contributed by atoms with Crippen molar-refractivity contribution in [2.24, 2.45) is 5.73 Å². The smallest absolute Gasteiger partial charge is 0.0112 e. The van der Waals surface area contributed by atoms with Gasteiger partial charge in [-0.15, -0.1) is 37.2 Å². The normalized spacial score (nSPS) is 25.9. The van der Waals surface area contributed by atoms with Gasteiger partial charge in [-0.3, -0.25) is 4.90 Å². The summed E-state index contributed by atoms with van der Waals surface area (Å²) in [4.78, 5) is 5.25. The lowest BCUT2D eigenvalue weighted by Gasteiger charge is -2.36. The van der Waals surface area contributed by atoms with Crippen molar-refractivity contribution in [1.29, 1.82) is 0 Å². The number of rotatable bonds is 3. The van der Waals surface area contributed by atoms with Gasteiger partial charge < -0.3 is 10.6 Å². The van der Waals surface area contributed by atoms with Gasteiger partial charge in [0.25, 0.3) is 0 Å². The number of halogens is 3. The molecule has 2 fully saturated rings. The average Bonchev–Trinajstić information content (AvgIpc) is 2.30. The molecule has 2 aliphatic heterocycles. The predicted molar refractivity (Wildman–Crippen MR) is 90.3 cm³/mol. The van der Waals surface area contributed by atoms with Crippen LogP contribution in [-0.2, 0) is 0 Å². The number of hydrogen-bond donors (Lipinski definition) is 1. The first-order chi connectivity index (χ1) is 7.75. The van der Waals surface area contributed by atoms with Crippen molar-refractivity contribution < 1.29 is 0 Å². The van der Waals surface area contributed by atoms with E-state index in [0.29, 0.717) is 6.04 Å². The second-order valence-corrected chi connectivity index (χ2v) is 5.56. The van der Waals surface area contributed by atoms with E-state index in [1.807, 2.05) is 0 Å². The van der Waals surface area contributed by atoms with Crippen LogP contribution in [-0.4, -0.2) is 54.6 Å². The lowest BCUT2D eigenvalue weighted by molar-refractivity contribution is 0.124. The van der Waals surface area contributed by atoms with Gasteiger partial charge in [-0.25, -0.2) is 0 Å². The molecule has 0 amide bonds. The van der Waals surface area contributed by atoms with E-state index >= 15 is 0 Å². The Morgan fingerprint density at radius 1 is 0.895 bits per heavy atom. The molecule has 2 aliphatic rings. The van der Waals surface area contributed by atoms with Gasteiger partial charge in [0.1, 0.15) is 0 Å². The van der Waals surface area contributed by atoms with E-state index in [2.05, 4.69) is 16.7 Å². The summed E-state index contributed by atoms with van der Waals surface area (Å²) in [6.45, 7) is 8.63. The van der Waals surface area contributed by atoms with Crippen molar-refractivity contribution in [3.8, 4) is 0 Å².